The molecule has 0 saturated heterocycles. The maximum absolute atomic E-state index is 13.5. The minimum atomic E-state index is -3.77. The third-order valence-corrected chi connectivity index (χ3v) is 7.57. The van der Waals surface area contributed by atoms with E-state index in [0.717, 1.165) is 30.6 Å². The highest BCUT2D eigenvalue weighted by Crippen LogP contribution is 2.41. The number of sulfonamides is 1. The van der Waals surface area contributed by atoms with Crippen LogP contribution in [-0.4, -0.2) is 39.7 Å². The lowest BCUT2D eigenvalue weighted by Gasteiger charge is -2.36. The van der Waals surface area contributed by atoms with Crippen molar-refractivity contribution in [1.29, 1.82) is 0 Å². The molecule has 1 atom stereocenters. The first-order chi connectivity index (χ1) is 14.3. The third-order valence-electron chi connectivity index (χ3n) is 5.96. The van der Waals surface area contributed by atoms with E-state index in [0.29, 0.717) is 24.2 Å². The number of aliphatic hydroxyl groups is 1. The highest BCUT2D eigenvalue weighted by Gasteiger charge is 2.41. The topological polar surface area (TPSA) is 72.9 Å². The minimum Gasteiger partial charge on any atom is -0.392 e. The smallest absolute Gasteiger partial charge is 0.243 e. The molecule has 30 heavy (non-hydrogen) atoms. The van der Waals surface area contributed by atoms with Gasteiger partial charge in [-0.2, -0.15) is 0 Å². The molecule has 0 saturated carbocycles. The quantitative estimate of drug-likeness (QED) is 0.693. The number of para-hydroxylation sites is 1. The van der Waals surface area contributed by atoms with Crippen molar-refractivity contribution < 1.29 is 13.5 Å². The molecule has 0 bridgehead atoms. The van der Waals surface area contributed by atoms with Gasteiger partial charge in [0.05, 0.1) is 17.8 Å². The molecule has 6 nitrogen and oxygen atoms in total. The van der Waals surface area contributed by atoms with Gasteiger partial charge < -0.3 is 14.9 Å². The molecule has 1 unspecified atom stereocenters. The van der Waals surface area contributed by atoms with Crippen LogP contribution in [0.2, 0.25) is 0 Å². The number of unbranched alkanes of at least 4 members (excludes halogenated alkanes) is 1. The van der Waals surface area contributed by atoms with Gasteiger partial charge >= 0.3 is 0 Å². The van der Waals surface area contributed by atoms with Gasteiger partial charge in [-0.25, -0.2) is 13.1 Å². The van der Waals surface area contributed by atoms with Crippen molar-refractivity contribution in [2.24, 2.45) is 0 Å². The largest absolute Gasteiger partial charge is 0.392 e. The van der Waals surface area contributed by atoms with Gasteiger partial charge in [0.1, 0.15) is 4.90 Å². The highest BCUT2D eigenvalue weighted by atomic mass is 32.2. The molecule has 2 aromatic rings. The lowest BCUT2D eigenvalue weighted by Crippen LogP contribution is -2.52. The first-order valence-corrected chi connectivity index (χ1v) is 12.1. The first-order valence-electron chi connectivity index (χ1n) is 10.6. The maximum atomic E-state index is 13.5. The van der Waals surface area contributed by atoms with Crippen LogP contribution in [0.1, 0.15) is 45.1 Å². The normalized spacial score (nSPS) is 20.5. The van der Waals surface area contributed by atoms with Crippen molar-refractivity contribution in [3.8, 4) is 0 Å². The molecule has 2 aromatic carbocycles. The van der Waals surface area contributed by atoms with Crippen LogP contribution in [0.3, 0.4) is 0 Å². The Balaban J connectivity index is 2.29. The van der Waals surface area contributed by atoms with Crippen LogP contribution in [-0.2, 0) is 16.6 Å². The zero-order valence-electron chi connectivity index (χ0n) is 18.4. The fourth-order valence-electron chi connectivity index (χ4n) is 4.17. The van der Waals surface area contributed by atoms with Crippen molar-refractivity contribution in [2.45, 2.75) is 56.6 Å². The van der Waals surface area contributed by atoms with E-state index >= 15 is 0 Å². The number of hydrogen-bond donors (Lipinski definition) is 2. The minimum absolute atomic E-state index is 0.216. The standard InChI is InChI=1S/C23H33N3O3S/c1-5-7-13-23(6-2)17-26(19-11-9-8-10-12-19)21-15-20(25(3)4)18(16-27)14-22(21)30(28,29)24-23/h8-12,14-15,24,27H,5-7,13,16-17H2,1-4H3. The maximum Gasteiger partial charge on any atom is 0.243 e. The van der Waals surface area contributed by atoms with Crippen LogP contribution in [0.25, 0.3) is 0 Å². The average Bonchev–Trinajstić information content (AvgIpc) is 2.84. The molecule has 0 aromatic heterocycles. The second kappa shape index (κ2) is 8.96. The van der Waals surface area contributed by atoms with E-state index in [2.05, 4.69) is 16.5 Å². The molecule has 0 spiro atoms. The molecular weight excluding hydrogens is 398 g/mol. The monoisotopic (exact) mass is 431 g/mol. The summed E-state index contributed by atoms with van der Waals surface area (Å²) in [6, 6.07) is 13.4. The number of rotatable bonds is 7. The Bertz CT molecular complexity index is 977. The van der Waals surface area contributed by atoms with E-state index in [-0.39, 0.29) is 11.5 Å². The zero-order chi connectivity index (χ0) is 21.9. The molecule has 2 N–H and O–H groups in total. The Kier molecular flexibility index (Phi) is 6.75. The van der Waals surface area contributed by atoms with Crippen LogP contribution in [0.5, 0.6) is 0 Å². The number of fused-ring (bicyclic) bond motifs is 1. The third kappa shape index (κ3) is 4.33. The molecule has 164 valence electrons. The second-order valence-electron chi connectivity index (χ2n) is 8.27. The van der Waals surface area contributed by atoms with Gasteiger partial charge in [-0.1, -0.05) is 44.9 Å². The van der Waals surface area contributed by atoms with Gasteiger partial charge in [-0.05, 0) is 37.1 Å². The number of nitrogens with one attached hydrogen (secondary N) is 1. The van der Waals surface area contributed by atoms with Crippen LogP contribution >= 0.6 is 0 Å². The lowest BCUT2D eigenvalue weighted by atomic mass is 9.89. The fraction of sp³-hybridized carbons (Fsp3) is 0.478. The van der Waals surface area contributed by atoms with E-state index in [4.69, 9.17) is 0 Å². The highest BCUT2D eigenvalue weighted by molar-refractivity contribution is 7.89. The molecule has 1 heterocycles. The molecule has 0 amide bonds. The van der Waals surface area contributed by atoms with E-state index in [1.165, 1.54) is 0 Å². The van der Waals surface area contributed by atoms with Gasteiger partial charge in [0, 0.05) is 37.6 Å². The predicted octanol–water partition coefficient (Wildman–Crippen LogP) is 4.01. The Hall–Kier alpha value is -2.09. The summed E-state index contributed by atoms with van der Waals surface area (Å²) in [5.74, 6) is 0. The van der Waals surface area contributed by atoms with E-state index < -0.39 is 15.6 Å². The van der Waals surface area contributed by atoms with E-state index in [1.807, 2.05) is 62.3 Å². The molecule has 0 radical (unpaired) electrons. The van der Waals surface area contributed by atoms with Crippen molar-refractivity contribution >= 4 is 27.1 Å². The lowest BCUT2D eigenvalue weighted by molar-refractivity contribution is 0.282. The molecule has 1 aliphatic rings. The molecule has 1 aliphatic heterocycles. The van der Waals surface area contributed by atoms with Gasteiger partial charge in [0.25, 0.3) is 0 Å². The van der Waals surface area contributed by atoms with Gasteiger partial charge in [-0.15, -0.1) is 0 Å². The first kappa shape index (κ1) is 22.6. The van der Waals surface area contributed by atoms with Gasteiger partial charge in [-0.3, -0.25) is 0 Å². The molecule has 0 aliphatic carbocycles. The number of benzene rings is 2. The number of anilines is 3. The van der Waals surface area contributed by atoms with Crippen molar-refractivity contribution in [3.05, 3.63) is 48.0 Å². The number of nitrogens with zero attached hydrogens (tertiary/aromatic N) is 2. The summed E-state index contributed by atoms with van der Waals surface area (Å²) in [7, 11) is 0.0293. The van der Waals surface area contributed by atoms with Crippen molar-refractivity contribution in [1.82, 2.24) is 4.72 Å². The SMILES string of the molecule is CCCCC1(CC)CN(c2ccccc2)c2cc(N(C)C)c(CO)cc2S(=O)(=O)N1. The molecular formula is C23H33N3O3S. The average molecular weight is 432 g/mol. The van der Waals surface area contributed by atoms with Gasteiger partial charge in [0.15, 0.2) is 0 Å². The van der Waals surface area contributed by atoms with Gasteiger partial charge in [0.2, 0.25) is 10.0 Å². The van der Waals surface area contributed by atoms with Crippen LogP contribution in [0.15, 0.2) is 47.4 Å². The Morgan fingerprint density at radius 1 is 1.17 bits per heavy atom. The number of aliphatic hydroxyl groups excluding tert-OH is 1. The van der Waals surface area contributed by atoms with Crippen LogP contribution in [0.4, 0.5) is 17.1 Å². The van der Waals surface area contributed by atoms with E-state index in [9.17, 15) is 13.5 Å². The fourth-order valence-corrected chi connectivity index (χ4v) is 5.91. The Labute approximate surface area is 180 Å². The summed E-state index contributed by atoms with van der Waals surface area (Å²) in [6.07, 6.45) is 3.41. The molecule has 7 heteroatoms. The van der Waals surface area contributed by atoms with Crippen LogP contribution in [0, 0.1) is 0 Å². The predicted molar refractivity (Wildman–Crippen MR) is 123 cm³/mol. The van der Waals surface area contributed by atoms with E-state index in [1.54, 1.807) is 6.07 Å². The Morgan fingerprint density at radius 2 is 1.87 bits per heavy atom. The summed E-state index contributed by atoms with van der Waals surface area (Å²) in [5, 5.41) is 9.90. The molecule has 3 rings (SSSR count). The number of hydrogen-bond acceptors (Lipinski definition) is 5. The van der Waals surface area contributed by atoms with Crippen molar-refractivity contribution in [2.75, 3.05) is 30.4 Å². The summed E-state index contributed by atoms with van der Waals surface area (Å²) < 4.78 is 30.1. The molecule has 0 fully saturated rings. The summed E-state index contributed by atoms with van der Waals surface area (Å²) >= 11 is 0. The summed E-state index contributed by atoms with van der Waals surface area (Å²) in [5.41, 5.74) is 2.43. The zero-order valence-corrected chi connectivity index (χ0v) is 19.2. The summed E-state index contributed by atoms with van der Waals surface area (Å²) in [6.45, 7) is 4.48. The van der Waals surface area contributed by atoms with Crippen LogP contribution < -0.4 is 14.5 Å². The second-order valence-corrected chi connectivity index (χ2v) is 9.92. The van der Waals surface area contributed by atoms with Crippen molar-refractivity contribution in [3.63, 3.8) is 0 Å². The summed E-state index contributed by atoms with van der Waals surface area (Å²) in [4.78, 5) is 4.23. The Morgan fingerprint density at radius 3 is 2.43 bits per heavy atom.